The Hall–Kier alpha value is -3.78. The minimum atomic E-state index is -1.00. The van der Waals surface area contributed by atoms with Crippen LogP contribution in [0.25, 0.3) is 17.2 Å². The molecule has 0 bridgehead atoms. The predicted octanol–water partition coefficient (Wildman–Crippen LogP) is 3.96. The molecule has 2 N–H and O–H groups in total. The minimum Gasteiger partial charge on any atom is -0.478 e. The Balaban J connectivity index is 1.70. The molecule has 2 aromatic carbocycles. The molecular formula is C23H21FN4O3. The number of ether oxygens (including phenoxy) is 1. The summed E-state index contributed by atoms with van der Waals surface area (Å²) in [5.74, 6) is -0.160. The Morgan fingerprint density at radius 1 is 1.16 bits per heavy atom. The molecule has 1 fully saturated rings. The van der Waals surface area contributed by atoms with Crippen LogP contribution in [0.4, 0.5) is 21.8 Å². The van der Waals surface area contributed by atoms with E-state index in [0.29, 0.717) is 37.9 Å². The van der Waals surface area contributed by atoms with E-state index in [1.54, 1.807) is 24.4 Å². The third-order valence-electron chi connectivity index (χ3n) is 4.80. The average molecular weight is 420 g/mol. The van der Waals surface area contributed by atoms with Crippen molar-refractivity contribution in [2.75, 3.05) is 36.5 Å². The lowest BCUT2D eigenvalue weighted by molar-refractivity contribution is -0.131. The summed E-state index contributed by atoms with van der Waals surface area (Å²) < 4.78 is 18.7. The summed E-state index contributed by atoms with van der Waals surface area (Å²) in [4.78, 5) is 22.2. The van der Waals surface area contributed by atoms with Gasteiger partial charge in [-0.3, -0.25) is 0 Å². The average Bonchev–Trinajstić information content (AvgIpc) is 2.80. The van der Waals surface area contributed by atoms with E-state index in [2.05, 4.69) is 15.2 Å². The van der Waals surface area contributed by atoms with Gasteiger partial charge in [0.05, 0.1) is 13.2 Å². The number of carboxylic acid groups (broad SMARTS) is 1. The van der Waals surface area contributed by atoms with Crippen molar-refractivity contribution in [2.45, 2.75) is 0 Å². The molecule has 0 amide bonds. The van der Waals surface area contributed by atoms with Gasteiger partial charge >= 0.3 is 5.97 Å². The van der Waals surface area contributed by atoms with Crippen LogP contribution in [0.15, 0.2) is 60.8 Å². The fraction of sp³-hybridized carbons (Fsp3) is 0.174. The molecule has 4 rings (SSSR count). The fourth-order valence-corrected chi connectivity index (χ4v) is 3.29. The maximum absolute atomic E-state index is 13.2. The molecule has 0 atom stereocenters. The zero-order chi connectivity index (χ0) is 21.6. The van der Waals surface area contributed by atoms with E-state index in [4.69, 9.17) is 14.8 Å². The highest BCUT2D eigenvalue weighted by Crippen LogP contribution is 2.31. The van der Waals surface area contributed by atoms with E-state index in [1.807, 2.05) is 24.3 Å². The van der Waals surface area contributed by atoms with Crippen LogP contribution in [0.2, 0.25) is 0 Å². The topological polar surface area (TPSA) is 87.6 Å². The van der Waals surface area contributed by atoms with Gasteiger partial charge in [0.2, 0.25) is 5.95 Å². The minimum absolute atomic E-state index is 0.312. The highest BCUT2D eigenvalue weighted by atomic mass is 19.1. The lowest BCUT2D eigenvalue weighted by Crippen LogP contribution is -2.37. The molecule has 1 aliphatic rings. The van der Waals surface area contributed by atoms with Crippen molar-refractivity contribution in [1.29, 1.82) is 0 Å². The standard InChI is InChI=1S/C23H21FN4O3/c24-18-5-7-19(8-6-18)26-23-25-15-20(22(27-23)28-10-12-31-13-11-28)17-3-1-2-16(14-17)4-9-21(29)30/h1-9,14-15H,10-13H2,(H,29,30)(H,25,26,27)/b9-4+. The third kappa shape index (κ3) is 5.23. The second kappa shape index (κ2) is 9.36. The number of rotatable bonds is 6. The number of morpholine rings is 1. The predicted molar refractivity (Wildman–Crippen MR) is 117 cm³/mol. The number of carboxylic acids is 1. The van der Waals surface area contributed by atoms with E-state index in [9.17, 15) is 9.18 Å². The first kappa shape index (κ1) is 20.5. The van der Waals surface area contributed by atoms with E-state index in [-0.39, 0.29) is 5.82 Å². The Kier molecular flexibility index (Phi) is 6.18. The van der Waals surface area contributed by atoms with Crippen molar-refractivity contribution in [2.24, 2.45) is 0 Å². The van der Waals surface area contributed by atoms with Crippen LogP contribution in [0.1, 0.15) is 5.56 Å². The third-order valence-corrected chi connectivity index (χ3v) is 4.80. The smallest absolute Gasteiger partial charge is 0.328 e. The van der Waals surface area contributed by atoms with Gasteiger partial charge in [-0.2, -0.15) is 4.98 Å². The summed E-state index contributed by atoms with van der Waals surface area (Å²) in [6, 6.07) is 13.5. The van der Waals surface area contributed by atoms with Gasteiger partial charge < -0.3 is 20.1 Å². The molecule has 1 saturated heterocycles. The largest absolute Gasteiger partial charge is 0.478 e. The second-order valence-electron chi connectivity index (χ2n) is 6.96. The van der Waals surface area contributed by atoms with Gasteiger partial charge in [0.15, 0.2) is 0 Å². The molecular weight excluding hydrogens is 399 g/mol. The molecule has 0 saturated carbocycles. The van der Waals surface area contributed by atoms with E-state index < -0.39 is 5.97 Å². The summed E-state index contributed by atoms with van der Waals surface area (Å²) in [5.41, 5.74) is 3.16. The molecule has 3 aromatic rings. The zero-order valence-corrected chi connectivity index (χ0v) is 16.7. The van der Waals surface area contributed by atoms with Gasteiger partial charge in [-0.1, -0.05) is 18.2 Å². The Morgan fingerprint density at radius 3 is 2.68 bits per heavy atom. The van der Waals surface area contributed by atoms with E-state index >= 15 is 0 Å². The number of aliphatic carboxylic acids is 1. The monoisotopic (exact) mass is 420 g/mol. The second-order valence-corrected chi connectivity index (χ2v) is 6.96. The number of hydrogen-bond acceptors (Lipinski definition) is 6. The summed E-state index contributed by atoms with van der Waals surface area (Å²) in [6.45, 7) is 2.59. The van der Waals surface area contributed by atoms with Crippen LogP contribution in [0.3, 0.4) is 0 Å². The number of nitrogens with one attached hydrogen (secondary N) is 1. The van der Waals surface area contributed by atoms with Crippen molar-refractivity contribution in [3.63, 3.8) is 0 Å². The highest BCUT2D eigenvalue weighted by molar-refractivity contribution is 5.86. The molecule has 0 radical (unpaired) electrons. The quantitative estimate of drug-likeness (QED) is 0.584. The van der Waals surface area contributed by atoms with Crippen molar-refractivity contribution in [1.82, 2.24) is 9.97 Å². The lowest BCUT2D eigenvalue weighted by Gasteiger charge is -2.29. The van der Waals surface area contributed by atoms with Crippen molar-refractivity contribution in [3.05, 3.63) is 72.2 Å². The number of carbonyl (C=O) groups is 1. The SMILES string of the molecule is O=C(O)/C=C/c1cccc(-c2cnc(Nc3ccc(F)cc3)nc2N2CCOCC2)c1. The van der Waals surface area contributed by atoms with Gasteiger partial charge in [-0.25, -0.2) is 14.2 Å². The molecule has 31 heavy (non-hydrogen) atoms. The van der Waals surface area contributed by atoms with Crippen molar-refractivity contribution < 1.29 is 19.0 Å². The number of aromatic nitrogens is 2. The first-order valence-electron chi connectivity index (χ1n) is 9.82. The normalized spacial score (nSPS) is 14.0. The molecule has 8 heteroatoms. The molecule has 7 nitrogen and oxygen atoms in total. The van der Waals surface area contributed by atoms with E-state index in [0.717, 1.165) is 28.6 Å². The number of nitrogens with zero attached hydrogens (tertiary/aromatic N) is 3. The maximum atomic E-state index is 13.2. The van der Waals surface area contributed by atoms with Crippen LogP contribution in [-0.2, 0) is 9.53 Å². The molecule has 158 valence electrons. The molecule has 0 unspecified atom stereocenters. The highest BCUT2D eigenvalue weighted by Gasteiger charge is 2.19. The van der Waals surface area contributed by atoms with Gasteiger partial charge in [0.1, 0.15) is 11.6 Å². The molecule has 1 aromatic heterocycles. The lowest BCUT2D eigenvalue weighted by atomic mass is 10.0. The number of anilines is 3. The van der Waals surface area contributed by atoms with Gasteiger partial charge in [-0.05, 0) is 47.5 Å². The van der Waals surface area contributed by atoms with Crippen LogP contribution < -0.4 is 10.2 Å². The van der Waals surface area contributed by atoms with Crippen LogP contribution in [0, 0.1) is 5.82 Å². The van der Waals surface area contributed by atoms with Gasteiger partial charge in [0, 0.05) is 36.6 Å². The van der Waals surface area contributed by atoms with Crippen molar-refractivity contribution in [3.8, 4) is 11.1 Å². The summed E-state index contributed by atoms with van der Waals surface area (Å²) in [5, 5.41) is 12.0. The van der Waals surface area contributed by atoms with Crippen LogP contribution in [0.5, 0.6) is 0 Å². The number of halogens is 1. The Labute approximate surface area is 178 Å². The molecule has 0 spiro atoms. The zero-order valence-electron chi connectivity index (χ0n) is 16.7. The molecule has 2 heterocycles. The fourth-order valence-electron chi connectivity index (χ4n) is 3.29. The van der Waals surface area contributed by atoms with E-state index in [1.165, 1.54) is 12.1 Å². The van der Waals surface area contributed by atoms with Crippen molar-refractivity contribution >= 4 is 29.5 Å². The van der Waals surface area contributed by atoms with Gasteiger partial charge in [-0.15, -0.1) is 0 Å². The Bertz CT molecular complexity index is 1100. The first-order chi connectivity index (χ1) is 15.1. The van der Waals surface area contributed by atoms with Crippen LogP contribution in [-0.4, -0.2) is 47.3 Å². The molecule has 0 aliphatic carbocycles. The number of hydrogen-bond donors (Lipinski definition) is 2. The summed E-state index contributed by atoms with van der Waals surface area (Å²) in [7, 11) is 0. The first-order valence-corrected chi connectivity index (χ1v) is 9.82. The molecule has 1 aliphatic heterocycles. The maximum Gasteiger partial charge on any atom is 0.328 e. The summed E-state index contributed by atoms with van der Waals surface area (Å²) >= 11 is 0. The van der Waals surface area contributed by atoms with Gasteiger partial charge in [0.25, 0.3) is 0 Å². The Morgan fingerprint density at radius 2 is 1.94 bits per heavy atom. The number of benzene rings is 2. The van der Waals surface area contributed by atoms with Crippen LogP contribution >= 0.6 is 0 Å². The summed E-state index contributed by atoms with van der Waals surface area (Å²) in [6.07, 6.45) is 4.39.